The summed E-state index contributed by atoms with van der Waals surface area (Å²) in [5.74, 6) is -3.35. The number of carboxylic acid groups (broad SMARTS) is 1. The van der Waals surface area contributed by atoms with Gasteiger partial charge in [-0.15, -0.1) is 0 Å². The van der Waals surface area contributed by atoms with Crippen molar-refractivity contribution < 1.29 is 27.9 Å². The van der Waals surface area contributed by atoms with Gasteiger partial charge in [0.05, 0.1) is 23.7 Å². The molecule has 3 atom stereocenters. The summed E-state index contributed by atoms with van der Waals surface area (Å²) in [6.07, 6.45) is 2.69. The van der Waals surface area contributed by atoms with Gasteiger partial charge in [-0.1, -0.05) is 12.8 Å². The Morgan fingerprint density at radius 1 is 1.24 bits per heavy atom. The maximum atomic E-state index is 12.3. The van der Waals surface area contributed by atoms with Gasteiger partial charge in [-0.05, 0) is 18.8 Å². The van der Waals surface area contributed by atoms with Crippen LogP contribution in [0.15, 0.2) is 0 Å². The molecule has 1 heterocycles. The molecule has 0 aromatic heterocycles. The number of hydrogen-bond acceptors (Lipinski definition) is 5. The third-order valence-electron chi connectivity index (χ3n) is 4.35. The summed E-state index contributed by atoms with van der Waals surface area (Å²) in [5, 5.41) is 11.9. The highest BCUT2D eigenvalue weighted by Gasteiger charge is 2.42. The van der Waals surface area contributed by atoms with Crippen molar-refractivity contribution in [2.24, 2.45) is 11.8 Å². The summed E-state index contributed by atoms with van der Waals surface area (Å²) >= 11 is 0. The van der Waals surface area contributed by atoms with Crippen LogP contribution in [-0.2, 0) is 24.2 Å². The zero-order valence-electron chi connectivity index (χ0n) is 11.9. The Bertz CT molecular complexity index is 511. The van der Waals surface area contributed by atoms with Crippen LogP contribution < -0.4 is 5.32 Å². The molecule has 1 saturated heterocycles. The van der Waals surface area contributed by atoms with E-state index in [0.29, 0.717) is 0 Å². The Kier molecular flexibility index (Phi) is 4.88. The van der Waals surface area contributed by atoms with Crippen molar-refractivity contribution in [3.8, 4) is 0 Å². The molecular weight excluding hydrogens is 298 g/mol. The molecule has 0 spiro atoms. The molecule has 1 aliphatic carbocycles. The summed E-state index contributed by atoms with van der Waals surface area (Å²) in [7, 11) is -1.87. The van der Waals surface area contributed by atoms with Crippen LogP contribution >= 0.6 is 0 Å². The second-order valence-corrected chi connectivity index (χ2v) is 7.98. The molecule has 2 N–H and O–H groups in total. The molecule has 2 aliphatic rings. The van der Waals surface area contributed by atoms with Crippen molar-refractivity contribution in [1.29, 1.82) is 0 Å². The first-order valence-electron chi connectivity index (χ1n) is 7.10. The highest BCUT2D eigenvalue weighted by Crippen LogP contribution is 2.32. The van der Waals surface area contributed by atoms with E-state index >= 15 is 0 Å². The average Bonchev–Trinajstić information content (AvgIpc) is 2.96. The Morgan fingerprint density at radius 2 is 1.86 bits per heavy atom. The van der Waals surface area contributed by atoms with Gasteiger partial charge < -0.3 is 15.2 Å². The van der Waals surface area contributed by atoms with Gasteiger partial charge >= 0.3 is 5.97 Å². The van der Waals surface area contributed by atoms with Crippen LogP contribution in [0.5, 0.6) is 0 Å². The summed E-state index contributed by atoms with van der Waals surface area (Å²) in [5.41, 5.74) is 0. The quantitative estimate of drug-likeness (QED) is 0.680. The molecule has 8 heteroatoms. The van der Waals surface area contributed by atoms with Crippen LogP contribution in [0.25, 0.3) is 0 Å². The number of carbonyl (C=O) groups excluding carboxylic acids is 1. The Labute approximate surface area is 124 Å². The molecule has 21 heavy (non-hydrogen) atoms. The molecule has 2 fully saturated rings. The fraction of sp³-hybridized carbons (Fsp3) is 0.846. The van der Waals surface area contributed by atoms with E-state index in [1.165, 1.54) is 7.11 Å². The zero-order chi connectivity index (χ0) is 15.6. The number of carboxylic acids is 1. The monoisotopic (exact) mass is 319 g/mol. The summed E-state index contributed by atoms with van der Waals surface area (Å²) in [6.45, 7) is 0. The van der Waals surface area contributed by atoms with Gasteiger partial charge in [-0.3, -0.25) is 9.59 Å². The molecule has 2 rings (SSSR count). The fourth-order valence-corrected chi connectivity index (χ4v) is 5.12. The molecule has 7 nitrogen and oxygen atoms in total. The van der Waals surface area contributed by atoms with E-state index in [9.17, 15) is 23.1 Å². The maximum absolute atomic E-state index is 12.3. The second-order valence-electron chi connectivity index (χ2n) is 5.83. The van der Waals surface area contributed by atoms with Gasteiger partial charge in [0.2, 0.25) is 5.91 Å². The first-order chi connectivity index (χ1) is 9.84. The lowest BCUT2D eigenvalue weighted by molar-refractivity contribution is -0.149. The van der Waals surface area contributed by atoms with E-state index in [1.54, 1.807) is 0 Å². The number of carbonyl (C=O) groups is 2. The number of sulfone groups is 1. The normalized spacial score (nSPS) is 30.1. The maximum Gasteiger partial charge on any atom is 0.316 e. The van der Waals surface area contributed by atoms with Crippen LogP contribution in [0, 0.1) is 11.8 Å². The number of methoxy groups -OCH3 is 1. The van der Waals surface area contributed by atoms with E-state index in [4.69, 9.17) is 4.74 Å². The molecule has 0 radical (unpaired) electrons. The smallest absolute Gasteiger partial charge is 0.316 e. The van der Waals surface area contributed by atoms with E-state index < -0.39 is 39.8 Å². The second kappa shape index (κ2) is 6.31. The molecule has 1 saturated carbocycles. The number of rotatable bonds is 5. The summed E-state index contributed by atoms with van der Waals surface area (Å²) in [6, 6.07) is -0.671. The molecular formula is C13H21NO6S. The lowest BCUT2D eigenvalue weighted by Gasteiger charge is -2.23. The first kappa shape index (κ1) is 16.2. The standard InChI is InChI=1S/C13H21NO6S/c1-20-10-7-21(18,19)6-9(10)14-12(15)11(13(16)17)8-4-2-3-5-8/h8-11H,2-7H2,1H3,(H,14,15)(H,16,17). The van der Waals surface area contributed by atoms with Gasteiger partial charge in [-0.25, -0.2) is 8.42 Å². The van der Waals surface area contributed by atoms with Crippen molar-refractivity contribution in [2.75, 3.05) is 18.6 Å². The predicted molar refractivity (Wildman–Crippen MR) is 74.5 cm³/mol. The SMILES string of the molecule is COC1CS(=O)(=O)CC1NC(=O)C(C(=O)O)C1CCCC1. The Balaban J connectivity index is 2.06. The van der Waals surface area contributed by atoms with Crippen LogP contribution in [0.1, 0.15) is 25.7 Å². The zero-order valence-corrected chi connectivity index (χ0v) is 12.8. The molecule has 1 aliphatic heterocycles. The van der Waals surface area contributed by atoms with Crippen molar-refractivity contribution >= 4 is 21.7 Å². The van der Waals surface area contributed by atoms with E-state index in [0.717, 1.165) is 25.7 Å². The fourth-order valence-electron chi connectivity index (χ4n) is 3.27. The van der Waals surface area contributed by atoms with E-state index in [-0.39, 0.29) is 17.4 Å². The Hall–Kier alpha value is -1.15. The number of amides is 1. The average molecular weight is 319 g/mol. The molecule has 0 aromatic rings. The van der Waals surface area contributed by atoms with Gasteiger partial charge in [0.15, 0.2) is 9.84 Å². The van der Waals surface area contributed by atoms with Crippen LogP contribution in [-0.4, -0.2) is 56.2 Å². The number of aliphatic carboxylic acids is 1. The third-order valence-corrected chi connectivity index (χ3v) is 6.05. The van der Waals surface area contributed by atoms with E-state index in [2.05, 4.69) is 5.32 Å². The molecule has 0 bridgehead atoms. The Morgan fingerprint density at radius 3 is 2.38 bits per heavy atom. The molecule has 120 valence electrons. The number of hydrogen-bond donors (Lipinski definition) is 2. The van der Waals surface area contributed by atoms with Crippen LogP contribution in [0.3, 0.4) is 0 Å². The summed E-state index contributed by atoms with van der Waals surface area (Å²) in [4.78, 5) is 23.6. The minimum atomic E-state index is -3.25. The predicted octanol–water partition coefficient (Wildman–Crippen LogP) is -0.194. The molecule has 0 aromatic carbocycles. The summed E-state index contributed by atoms with van der Waals surface area (Å²) < 4.78 is 28.3. The minimum Gasteiger partial charge on any atom is -0.481 e. The van der Waals surface area contributed by atoms with Crippen molar-refractivity contribution in [2.45, 2.75) is 37.8 Å². The lowest BCUT2D eigenvalue weighted by atomic mass is 9.90. The van der Waals surface area contributed by atoms with Crippen molar-refractivity contribution in [3.05, 3.63) is 0 Å². The third kappa shape index (κ3) is 3.74. The minimum absolute atomic E-state index is 0.143. The lowest BCUT2D eigenvalue weighted by Crippen LogP contribution is -2.48. The van der Waals surface area contributed by atoms with E-state index in [1.807, 2.05) is 0 Å². The topological polar surface area (TPSA) is 110 Å². The van der Waals surface area contributed by atoms with Crippen molar-refractivity contribution in [1.82, 2.24) is 5.32 Å². The largest absolute Gasteiger partial charge is 0.481 e. The highest BCUT2D eigenvalue weighted by molar-refractivity contribution is 7.91. The van der Waals surface area contributed by atoms with Gasteiger partial charge in [0, 0.05) is 7.11 Å². The number of ether oxygens (including phenoxy) is 1. The highest BCUT2D eigenvalue weighted by atomic mass is 32.2. The molecule has 3 unspecified atom stereocenters. The number of nitrogens with one attached hydrogen (secondary N) is 1. The van der Waals surface area contributed by atoms with Crippen LogP contribution in [0.2, 0.25) is 0 Å². The van der Waals surface area contributed by atoms with Crippen molar-refractivity contribution in [3.63, 3.8) is 0 Å². The first-order valence-corrected chi connectivity index (χ1v) is 8.92. The van der Waals surface area contributed by atoms with Gasteiger partial charge in [0.1, 0.15) is 5.92 Å². The van der Waals surface area contributed by atoms with Crippen LogP contribution in [0.4, 0.5) is 0 Å². The van der Waals surface area contributed by atoms with Gasteiger partial charge in [0.25, 0.3) is 0 Å². The molecule has 1 amide bonds. The van der Waals surface area contributed by atoms with Gasteiger partial charge in [-0.2, -0.15) is 0 Å².